The van der Waals surface area contributed by atoms with Gasteiger partial charge in [0.25, 0.3) is 0 Å². The molecule has 72 valence electrons. The minimum Gasteiger partial charge on any atom is -0.390 e. The third-order valence-corrected chi connectivity index (χ3v) is 1.74. The summed E-state index contributed by atoms with van der Waals surface area (Å²) in [5, 5.41) is 18.6. The number of likely N-dealkylation sites (N-methyl/N-ethyl adjacent to an activating group) is 1. The number of nitrogens with one attached hydrogen (secondary N) is 1. The first-order chi connectivity index (χ1) is 6.19. The van der Waals surface area contributed by atoms with Gasteiger partial charge in [0.05, 0.1) is 12.8 Å². The van der Waals surface area contributed by atoms with Crippen molar-refractivity contribution >= 4 is 5.91 Å². The number of carbonyl (C=O) groups is 1. The van der Waals surface area contributed by atoms with E-state index in [1.807, 2.05) is 0 Å². The average molecular weight is 184 g/mol. The molecule has 0 aromatic carbocycles. The fourth-order valence-electron chi connectivity index (χ4n) is 0.904. The van der Waals surface area contributed by atoms with Crippen molar-refractivity contribution in [2.45, 2.75) is 19.6 Å². The SMILES string of the molecule is CNC(=O)C(C)n1cc(CO)nn1. The lowest BCUT2D eigenvalue weighted by Crippen LogP contribution is -2.28. The van der Waals surface area contributed by atoms with Gasteiger partial charge in [-0.3, -0.25) is 4.79 Å². The Balaban J connectivity index is 2.76. The number of aliphatic hydroxyl groups is 1. The van der Waals surface area contributed by atoms with Crippen LogP contribution >= 0.6 is 0 Å². The van der Waals surface area contributed by atoms with Gasteiger partial charge in [0.2, 0.25) is 5.91 Å². The van der Waals surface area contributed by atoms with Crippen LogP contribution < -0.4 is 5.32 Å². The predicted octanol–water partition coefficient (Wildman–Crippen LogP) is -0.923. The van der Waals surface area contributed by atoms with Crippen LogP contribution in [0.15, 0.2) is 6.20 Å². The van der Waals surface area contributed by atoms with E-state index in [0.717, 1.165) is 0 Å². The van der Waals surface area contributed by atoms with Crippen LogP contribution in [0.4, 0.5) is 0 Å². The lowest BCUT2D eigenvalue weighted by molar-refractivity contribution is -0.123. The zero-order valence-corrected chi connectivity index (χ0v) is 7.56. The molecule has 0 saturated heterocycles. The highest BCUT2D eigenvalue weighted by atomic mass is 16.3. The molecule has 0 fully saturated rings. The molecule has 1 amide bonds. The predicted molar refractivity (Wildman–Crippen MR) is 44.7 cm³/mol. The minimum absolute atomic E-state index is 0.144. The second-order valence-electron chi connectivity index (χ2n) is 2.64. The molecule has 13 heavy (non-hydrogen) atoms. The van der Waals surface area contributed by atoms with E-state index in [2.05, 4.69) is 15.6 Å². The largest absolute Gasteiger partial charge is 0.390 e. The molecule has 0 aliphatic rings. The van der Waals surface area contributed by atoms with Gasteiger partial charge >= 0.3 is 0 Å². The molecule has 2 N–H and O–H groups in total. The van der Waals surface area contributed by atoms with Gasteiger partial charge in [0.1, 0.15) is 11.7 Å². The molecule has 1 atom stereocenters. The van der Waals surface area contributed by atoms with Crippen molar-refractivity contribution in [2.75, 3.05) is 7.05 Å². The van der Waals surface area contributed by atoms with Crippen LogP contribution in [0.2, 0.25) is 0 Å². The van der Waals surface area contributed by atoms with Crippen molar-refractivity contribution in [1.82, 2.24) is 20.3 Å². The third kappa shape index (κ3) is 2.03. The molecule has 0 saturated carbocycles. The van der Waals surface area contributed by atoms with Crippen molar-refractivity contribution in [3.8, 4) is 0 Å². The van der Waals surface area contributed by atoms with E-state index < -0.39 is 6.04 Å². The van der Waals surface area contributed by atoms with Gasteiger partial charge in [-0.15, -0.1) is 5.10 Å². The summed E-state index contributed by atoms with van der Waals surface area (Å²) in [6, 6.07) is -0.405. The molecular weight excluding hydrogens is 172 g/mol. The van der Waals surface area contributed by atoms with Crippen LogP contribution in [-0.4, -0.2) is 33.1 Å². The number of nitrogens with zero attached hydrogens (tertiary/aromatic N) is 3. The first-order valence-electron chi connectivity index (χ1n) is 3.92. The summed E-state index contributed by atoms with van der Waals surface area (Å²) in [5.74, 6) is -0.144. The molecule has 0 aliphatic heterocycles. The van der Waals surface area contributed by atoms with Gasteiger partial charge in [-0.1, -0.05) is 5.21 Å². The van der Waals surface area contributed by atoms with E-state index in [4.69, 9.17) is 5.11 Å². The van der Waals surface area contributed by atoms with Crippen LogP contribution in [0, 0.1) is 0 Å². The second kappa shape index (κ2) is 3.99. The molecule has 0 spiro atoms. The van der Waals surface area contributed by atoms with Crippen molar-refractivity contribution < 1.29 is 9.90 Å². The lowest BCUT2D eigenvalue weighted by Gasteiger charge is -2.08. The fourth-order valence-corrected chi connectivity index (χ4v) is 0.904. The Bertz CT molecular complexity index is 296. The van der Waals surface area contributed by atoms with Crippen LogP contribution in [0.1, 0.15) is 18.7 Å². The standard InChI is InChI=1S/C7H12N4O2/c1-5(7(13)8-2)11-3-6(4-12)9-10-11/h3,5,12H,4H2,1-2H3,(H,8,13). The van der Waals surface area contributed by atoms with E-state index in [9.17, 15) is 4.79 Å². The second-order valence-corrected chi connectivity index (χ2v) is 2.64. The Morgan fingerprint density at radius 2 is 2.54 bits per heavy atom. The molecule has 6 nitrogen and oxygen atoms in total. The summed E-state index contributed by atoms with van der Waals surface area (Å²) in [6.45, 7) is 1.54. The molecule has 1 rings (SSSR count). The summed E-state index contributed by atoms with van der Waals surface area (Å²) >= 11 is 0. The maximum Gasteiger partial charge on any atom is 0.244 e. The Labute approximate surface area is 75.6 Å². The zero-order chi connectivity index (χ0) is 9.84. The maximum absolute atomic E-state index is 11.1. The highest BCUT2D eigenvalue weighted by Gasteiger charge is 2.14. The van der Waals surface area contributed by atoms with Crippen LogP contribution in [0.5, 0.6) is 0 Å². The average Bonchev–Trinajstić information content (AvgIpc) is 2.63. The molecular formula is C7H12N4O2. The molecule has 6 heteroatoms. The number of carbonyl (C=O) groups excluding carboxylic acids is 1. The summed E-state index contributed by atoms with van der Waals surface area (Å²) in [7, 11) is 1.56. The van der Waals surface area contributed by atoms with Crippen molar-refractivity contribution in [1.29, 1.82) is 0 Å². The molecule has 1 unspecified atom stereocenters. The van der Waals surface area contributed by atoms with Crippen LogP contribution in [0.3, 0.4) is 0 Å². The molecule has 0 aliphatic carbocycles. The summed E-state index contributed by atoms with van der Waals surface area (Å²) in [5.41, 5.74) is 0.454. The third-order valence-electron chi connectivity index (χ3n) is 1.74. The molecule has 1 aromatic rings. The van der Waals surface area contributed by atoms with Crippen molar-refractivity contribution in [2.24, 2.45) is 0 Å². The van der Waals surface area contributed by atoms with Gasteiger partial charge in [0, 0.05) is 7.05 Å². The number of aromatic nitrogens is 3. The van der Waals surface area contributed by atoms with E-state index in [1.54, 1.807) is 20.2 Å². The van der Waals surface area contributed by atoms with Gasteiger partial charge in [-0.2, -0.15) is 0 Å². The Morgan fingerprint density at radius 1 is 1.85 bits per heavy atom. The van der Waals surface area contributed by atoms with E-state index in [-0.39, 0.29) is 12.5 Å². The molecule has 0 radical (unpaired) electrons. The first-order valence-corrected chi connectivity index (χ1v) is 3.92. The molecule has 1 heterocycles. The number of hydrogen-bond acceptors (Lipinski definition) is 4. The van der Waals surface area contributed by atoms with Gasteiger partial charge in [-0.05, 0) is 6.92 Å². The maximum atomic E-state index is 11.1. The van der Waals surface area contributed by atoms with E-state index >= 15 is 0 Å². The van der Waals surface area contributed by atoms with Crippen molar-refractivity contribution in [3.63, 3.8) is 0 Å². The first kappa shape index (κ1) is 9.66. The Morgan fingerprint density at radius 3 is 3.00 bits per heavy atom. The minimum atomic E-state index is -0.405. The van der Waals surface area contributed by atoms with E-state index in [1.165, 1.54) is 4.68 Å². The smallest absolute Gasteiger partial charge is 0.244 e. The topological polar surface area (TPSA) is 80.0 Å². The van der Waals surface area contributed by atoms with Gasteiger partial charge < -0.3 is 10.4 Å². The van der Waals surface area contributed by atoms with Crippen LogP contribution in [0.25, 0.3) is 0 Å². The fraction of sp³-hybridized carbons (Fsp3) is 0.571. The van der Waals surface area contributed by atoms with Crippen LogP contribution in [-0.2, 0) is 11.4 Å². The summed E-state index contributed by atoms with van der Waals surface area (Å²) < 4.78 is 1.41. The number of rotatable bonds is 3. The van der Waals surface area contributed by atoms with Gasteiger partial charge in [-0.25, -0.2) is 4.68 Å². The number of aliphatic hydroxyl groups excluding tert-OH is 1. The van der Waals surface area contributed by atoms with Crippen molar-refractivity contribution in [3.05, 3.63) is 11.9 Å². The summed E-state index contributed by atoms with van der Waals surface area (Å²) in [4.78, 5) is 11.1. The monoisotopic (exact) mass is 184 g/mol. The normalized spacial score (nSPS) is 12.5. The Hall–Kier alpha value is -1.43. The zero-order valence-electron chi connectivity index (χ0n) is 7.56. The lowest BCUT2D eigenvalue weighted by atomic mass is 10.3. The number of amides is 1. The highest BCUT2D eigenvalue weighted by Crippen LogP contribution is 2.03. The summed E-state index contributed by atoms with van der Waals surface area (Å²) in [6.07, 6.45) is 1.54. The number of hydrogen-bond donors (Lipinski definition) is 2. The Kier molecular flexibility index (Phi) is 2.97. The molecule has 1 aromatic heterocycles. The highest BCUT2D eigenvalue weighted by molar-refractivity contribution is 5.79. The van der Waals surface area contributed by atoms with E-state index in [0.29, 0.717) is 5.69 Å². The molecule has 0 bridgehead atoms. The van der Waals surface area contributed by atoms with Gasteiger partial charge in [0.15, 0.2) is 0 Å². The quantitative estimate of drug-likeness (QED) is 0.636.